The van der Waals surface area contributed by atoms with Crippen LogP contribution in [-0.2, 0) is 0 Å². The van der Waals surface area contributed by atoms with Crippen LogP contribution in [0, 0.1) is 14.9 Å². The van der Waals surface area contributed by atoms with E-state index in [-0.39, 0.29) is 18.1 Å². The zero-order valence-electron chi connectivity index (χ0n) is 16.7. The van der Waals surface area contributed by atoms with Crippen molar-refractivity contribution in [3.05, 3.63) is 66.2 Å². The molecule has 158 valence electrons. The largest absolute Gasteiger partial charge is 0.478 e. The summed E-state index contributed by atoms with van der Waals surface area (Å²) in [5.74, 6) is 1.62. The Kier molecular flexibility index (Phi) is 7.02. The number of nitrogens with zero attached hydrogens (tertiary/aromatic N) is 4. The molecule has 1 aliphatic rings. The minimum absolute atomic E-state index is 0.00188. The normalized spacial score (nSPS) is 14.7. The van der Waals surface area contributed by atoms with Gasteiger partial charge in [-0.15, -0.1) is 0 Å². The Bertz CT molecular complexity index is 1240. The third-order valence-corrected chi connectivity index (χ3v) is 6.71. The summed E-state index contributed by atoms with van der Waals surface area (Å²) in [6.07, 6.45) is 7.23. The molecular formula is C23H20BrIN4O2. The highest BCUT2D eigenvalue weighted by molar-refractivity contribution is 14.1. The third-order valence-electron chi connectivity index (χ3n) is 5.37. The second-order valence-electron chi connectivity index (χ2n) is 7.46. The second-order valence-corrected chi connectivity index (χ2v) is 9.54. The fourth-order valence-corrected chi connectivity index (χ4v) is 4.91. The van der Waals surface area contributed by atoms with Crippen LogP contribution in [0.4, 0.5) is 0 Å². The van der Waals surface area contributed by atoms with Gasteiger partial charge in [-0.05, 0) is 77.4 Å². The van der Waals surface area contributed by atoms with Crippen LogP contribution in [0.3, 0.4) is 0 Å². The van der Waals surface area contributed by atoms with Crippen molar-refractivity contribution in [2.75, 3.05) is 6.61 Å². The first-order valence-electron chi connectivity index (χ1n) is 10.1. The molecule has 0 bridgehead atoms. The van der Waals surface area contributed by atoms with Gasteiger partial charge in [0.2, 0.25) is 0 Å². The summed E-state index contributed by atoms with van der Waals surface area (Å²) >= 11 is 5.61. The Hall–Kier alpha value is -2.25. The highest BCUT2D eigenvalue weighted by Gasteiger charge is 2.22. The molecule has 8 heteroatoms. The molecule has 1 aromatic heterocycles. The maximum Gasteiger partial charge on any atom is 0.282 e. The first-order valence-corrected chi connectivity index (χ1v) is 12.0. The first-order chi connectivity index (χ1) is 15.1. The van der Waals surface area contributed by atoms with Gasteiger partial charge in [0.25, 0.3) is 5.56 Å². The lowest BCUT2D eigenvalue weighted by atomic mass is 9.88. The van der Waals surface area contributed by atoms with Crippen molar-refractivity contribution in [2.24, 2.45) is 5.10 Å². The van der Waals surface area contributed by atoms with Crippen LogP contribution < -0.4 is 10.3 Å². The van der Waals surface area contributed by atoms with Crippen LogP contribution >= 0.6 is 38.5 Å². The van der Waals surface area contributed by atoms with E-state index < -0.39 is 0 Å². The van der Waals surface area contributed by atoms with E-state index in [2.05, 4.69) is 43.6 Å². The number of halogens is 2. The van der Waals surface area contributed by atoms with Crippen molar-refractivity contribution in [1.82, 2.24) is 9.66 Å². The average Bonchev–Trinajstić information content (AvgIpc) is 2.78. The molecule has 2 aromatic carbocycles. The van der Waals surface area contributed by atoms with Crippen LogP contribution in [0.15, 0.2) is 50.8 Å². The Morgan fingerprint density at radius 3 is 2.81 bits per heavy atom. The number of benzene rings is 2. The Labute approximate surface area is 202 Å². The zero-order valence-corrected chi connectivity index (χ0v) is 20.5. The minimum atomic E-state index is -0.160. The van der Waals surface area contributed by atoms with E-state index in [1.165, 1.54) is 11.1 Å². The summed E-state index contributed by atoms with van der Waals surface area (Å²) in [6.45, 7) is 0.00188. The molecule has 0 amide bonds. The molecule has 1 aliphatic carbocycles. The van der Waals surface area contributed by atoms with Crippen LogP contribution in [0.1, 0.15) is 49.4 Å². The van der Waals surface area contributed by atoms with Gasteiger partial charge in [-0.2, -0.15) is 15.0 Å². The van der Waals surface area contributed by atoms with E-state index in [1.807, 2.05) is 30.3 Å². The number of rotatable bonds is 5. The van der Waals surface area contributed by atoms with Crippen LogP contribution in [0.2, 0.25) is 0 Å². The maximum atomic E-state index is 13.3. The topological polar surface area (TPSA) is 80.3 Å². The second kappa shape index (κ2) is 9.92. The van der Waals surface area contributed by atoms with Gasteiger partial charge in [-0.3, -0.25) is 4.79 Å². The van der Waals surface area contributed by atoms with Crippen LogP contribution in [0.5, 0.6) is 5.75 Å². The molecule has 0 N–H and O–H groups in total. The van der Waals surface area contributed by atoms with E-state index in [9.17, 15) is 4.79 Å². The predicted molar refractivity (Wildman–Crippen MR) is 133 cm³/mol. The highest BCUT2D eigenvalue weighted by atomic mass is 127. The molecule has 0 aliphatic heterocycles. The summed E-state index contributed by atoms with van der Waals surface area (Å²) in [6, 6.07) is 13.1. The van der Waals surface area contributed by atoms with E-state index >= 15 is 0 Å². The lowest BCUT2D eigenvalue weighted by molar-refractivity contribution is 0.365. The average molecular weight is 591 g/mol. The number of hydrogen-bond acceptors (Lipinski definition) is 5. The number of fused-ring (bicyclic) bond motifs is 1. The smallest absolute Gasteiger partial charge is 0.282 e. The van der Waals surface area contributed by atoms with Crippen molar-refractivity contribution >= 4 is 55.6 Å². The number of hydrogen-bond donors (Lipinski definition) is 0. The molecule has 31 heavy (non-hydrogen) atoms. The molecule has 1 fully saturated rings. The van der Waals surface area contributed by atoms with Crippen molar-refractivity contribution in [3.8, 4) is 11.8 Å². The van der Waals surface area contributed by atoms with Gasteiger partial charge in [-0.1, -0.05) is 35.2 Å². The standard InChI is InChI=1S/C23H20BrIN4O2/c24-17-7-8-20-18(13-17)23(30)29(22(28-20)16-4-2-1-3-5-16)27-14-15-6-9-21(19(25)12-15)31-11-10-26/h6-9,12-14,16H,1-5,11H2. The molecule has 4 rings (SSSR count). The van der Waals surface area contributed by atoms with E-state index in [0.717, 1.165) is 45.1 Å². The zero-order chi connectivity index (χ0) is 21.8. The SMILES string of the molecule is N#CCOc1ccc(C=Nn2c(C3CCCCC3)nc3ccc(Br)cc3c2=O)cc1I. The number of aromatic nitrogens is 2. The van der Waals surface area contributed by atoms with E-state index in [0.29, 0.717) is 16.7 Å². The maximum absolute atomic E-state index is 13.3. The summed E-state index contributed by atoms with van der Waals surface area (Å²) in [5.41, 5.74) is 1.38. The van der Waals surface area contributed by atoms with E-state index in [4.69, 9.17) is 15.0 Å². The molecule has 6 nitrogen and oxygen atoms in total. The quantitative estimate of drug-likeness (QED) is 0.286. The monoisotopic (exact) mass is 590 g/mol. The molecule has 0 radical (unpaired) electrons. The summed E-state index contributed by atoms with van der Waals surface area (Å²) < 4.78 is 8.58. The molecule has 0 saturated heterocycles. The first kappa shape index (κ1) is 22.0. The molecule has 0 unspecified atom stereocenters. The summed E-state index contributed by atoms with van der Waals surface area (Å²) in [4.78, 5) is 18.2. The molecule has 0 atom stereocenters. The summed E-state index contributed by atoms with van der Waals surface area (Å²) in [7, 11) is 0. The fourth-order valence-electron chi connectivity index (χ4n) is 3.85. The molecular weight excluding hydrogens is 571 g/mol. The Balaban J connectivity index is 1.76. The molecule has 1 saturated carbocycles. The Morgan fingerprint density at radius 2 is 2.06 bits per heavy atom. The van der Waals surface area contributed by atoms with Gasteiger partial charge in [-0.25, -0.2) is 4.98 Å². The van der Waals surface area contributed by atoms with Gasteiger partial charge in [0.05, 0.1) is 20.7 Å². The van der Waals surface area contributed by atoms with Gasteiger partial charge in [0.15, 0.2) is 6.61 Å². The van der Waals surface area contributed by atoms with Crippen LogP contribution in [-0.4, -0.2) is 22.5 Å². The highest BCUT2D eigenvalue weighted by Crippen LogP contribution is 2.32. The lowest BCUT2D eigenvalue weighted by Gasteiger charge is -2.22. The fraction of sp³-hybridized carbons (Fsp3) is 0.304. The van der Waals surface area contributed by atoms with Crippen molar-refractivity contribution < 1.29 is 4.74 Å². The van der Waals surface area contributed by atoms with E-state index in [1.54, 1.807) is 18.3 Å². The molecule has 1 heterocycles. The molecule has 0 spiro atoms. The van der Waals surface area contributed by atoms with Gasteiger partial charge in [0, 0.05) is 10.4 Å². The third kappa shape index (κ3) is 4.99. The van der Waals surface area contributed by atoms with Crippen molar-refractivity contribution in [1.29, 1.82) is 5.26 Å². The van der Waals surface area contributed by atoms with Crippen LogP contribution in [0.25, 0.3) is 10.9 Å². The number of ether oxygens (including phenoxy) is 1. The number of nitriles is 1. The van der Waals surface area contributed by atoms with Crippen molar-refractivity contribution in [3.63, 3.8) is 0 Å². The predicted octanol–water partition coefficient (Wildman–Crippen LogP) is 5.60. The Morgan fingerprint density at radius 1 is 1.26 bits per heavy atom. The summed E-state index contributed by atoms with van der Waals surface area (Å²) in [5, 5.41) is 13.8. The van der Waals surface area contributed by atoms with Gasteiger partial charge in [0.1, 0.15) is 17.6 Å². The molecule has 3 aromatic rings. The minimum Gasteiger partial charge on any atom is -0.478 e. The lowest BCUT2D eigenvalue weighted by Crippen LogP contribution is -2.25. The van der Waals surface area contributed by atoms with Gasteiger partial charge < -0.3 is 4.74 Å². The van der Waals surface area contributed by atoms with Gasteiger partial charge >= 0.3 is 0 Å². The van der Waals surface area contributed by atoms with Crippen molar-refractivity contribution in [2.45, 2.75) is 38.0 Å².